The molecule has 25 heavy (non-hydrogen) atoms. The van der Waals surface area contributed by atoms with Gasteiger partial charge in [-0.05, 0) is 42.8 Å². The molecule has 130 valence electrons. The zero-order valence-electron chi connectivity index (χ0n) is 13.4. The minimum absolute atomic E-state index is 0.247. The summed E-state index contributed by atoms with van der Waals surface area (Å²) < 4.78 is 11.1. The Labute approximate surface area is 155 Å². The van der Waals surface area contributed by atoms with Gasteiger partial charge >= 0.3 is 0 Å². The van der Waals surface area contributed by atoms with Gasteiger partial charge in [0.2, 0.25) is 5.89 Å². The minimum atomic E-state index is 0.247. The Morgan fingerprint density at radius 3 is 2.60 bits per heavy atom. The first-order valence-corrected chi connectivity index (χ1v) is 8.60. The number of para-hydroxylation sites is 1. The SMILES string of the molecule is Clc1ccc(CCNCc2nnc(COc3ccccc3)o2)c(Cl)c1. The van der Waals surface area contributed by atoms with E-state index in [1.807, 2.05) is 42.5 Å². The molecule has 0 radical (unpaired) electrons. The standard InChI is InChI=1S/C18H17Cl2N3O2/c19-14-7-6-13(16(20)10-14)8-9-21-11-17-22-23-18(25-17)12-24-15-4-2-1-3-5-15/h1-7,10,21H,8-9,11-12H2. The van der Waals surface area contributed by atoms with Crippen molar-refractivity contribution in [2.75, 3.05) is 6.54 Å². The van der Waals surface area contributed by atoms with E-state index < -0.39 is 0 Å². The van der Waals surface area contributed by atoms with Crippen LogP contribution in [0.15, 0.2) is 52.9 Å². The Kier molecular flexibility index (Phi) is 6.28. The van der Waals surface area contributed by atoms with Crippen molar-refractivity contribution in [2.24, 2.45) is 0 Å². The third-order valence-corrected chi connectivity index (χ3v) is 4.06. The van der Waals surface area contributed by atoms with Gasteiger partial charge in [0.05, 0.1) is 6.54 Å². The van der Waals surface area contributed by atoms with Gasteiger partial charge in [-0.2, -0.15) is 0 Å². The second kappa shape index (κ2) is 8.85. The molecule has 0 aliphatic rings. The maximum absolute atomic E-state index is 6.15. The van der Waals surface area contributed by atoms with Gasteiger partial charge in [0.25, 0.3) is 5.89 Å². The molecule has 0 saturated heterocycles. The molecular formula is C18H17Cl2N3O2. The van der Waals surface area contributed by atoms with Crippen molar-refractivity contribution in [3.8, 4) is 5.75 Å². The van der Waals surface area contributed by atoms with Crippen LogP contribution in [0.25, 0.3) is 0 Å². The lowest BCUT2D eigenvalue weighted by atomic mass is 10.1. The van der Waals surface area contributed by atoms with E-state index in [2.05, 4.69) is 15.5 Å². The average molecular weight is 378 g/mol. The molecule has 0 aliphatic heterocycles. The van der Waals surface area contributed by atoms with Gasteiger partial charge in [-0.3, -0.25) is 0 Å². The van der Waals surface area contributed by atoms with Gasteiger partial charge in [0.15, 0.2) is 6.61 Å². The second-order valence-electron chi connectivity index (χ2n) is 5.35. The van der Waals surface area contributed by atoms with Gasteiger partial charge in [0.1, 0.15) is 5.75 Å². The zero-order valence-corrected chi connectivity index (χ0v) is 14.9. The predicted molar refractivity (Wildman–Crippen MR) is 96.9 cm³/mol. The molecule has 0 spiro atoms. The maximum atomic E-state index is 6.15. The molecule has 1 N–H and O–H groups in total. The lowest BCUT2D eigenvalue weighted by molar-refractivity contribution is 0.258. The molecule has 1 aromatic heterocycles. The molecule has 0 amide bonds. The molecule has 0 fully saturated rings. The number of hydrogen-bond donors (Lipinski definition) is 1. The Balaban J connectivity index is 1.41. The molecule has 0 saturated carbocycles. The normalized spacial score (nSPS) is 10.8. The summed E-state index contributed by atoms with van der Waals surface area (Å²) in [5.41, 5.74) is 1.04. The number of benzene rings is 2. The minimum Gasteiger partial charge on any atom is -0.484 e. The molecule has 2 aromatic carbocycles. The van der Waals surface area contributed by atoms with Crippen molar-refractivity contribution in [3.05, 3.63) is 75.9 Å². The topological polar surface area (TPSA) is 60.2 Å². The summed E-state index contributed by atoms with van der Waals surface area (Å²) in [6.07, 6.45) is 0.786. The summed E-state index contributed by atoms with van der Waals surface area (Å²) in [6.45, 7) is 1.47. The number of ether oxygens (including phenoxy) is 1. The first-order chi connectivity index (χ1) is 12.2. The fourth-order valence-corrected chi connectivity index (χ4v) is 2.73. The third kappa shape index (κ3) is 5.46. The van der Waals surface area contributed by atoms with Crippen LogP contribution in [0, 0.1) is 0 Å². The molecule has 3 aromatic rings. The Morgan fingerprint density at radius 2 is 1.80 bits per heavy atom. The molecule has 0 aliphatic carbocycles. The summed E-state index contributed by atoms with van der Waals surface area (Å²) in [4.78, 5) is 0. The van der Waals surface area contributed by atoms with E-state index in [-0.39, 0.29) is 6.61 Å². The van der Waals surface area contributed by atoms with Crippen molar-refractivity contribution < 1.29 is 9.15 Å². The van der Waals surface area contributed by atoms with Gasteiger partial charge < -0.3 is 14.5 Å². The number of rotatable bonds is 8. The molecule has 5 nitrogen and oxygen atoms in total. The monoisotopic (exact) mass is 377 g/mol. The fourth-order valence-electron chi connectivity index (χ4n) is 2.22. The first-order valence-electron chi connectivity index (χ1n) is 7.84. The number of halogens is 2. The maximum Gasteiger partial charge on any atom is 0.253 e. The number of hydrogen-bond acceptors (Lipinski definition) is 5. The number of aromatic nitrogens is 2. The van der Waals surface area contributed by atoms with Crippen LogP contribution in [0.1, 0.15) is 17.3 Å². The lowest BCUT2D eigenvalue weighted by Crippen LogP contribution is -2.17. The highest BCUT2D eigenvalue weighted by Gasteiger charge is 2.07. The molecule has 3 rings (SSSR count). The van der Waals surface area contributed by atoms with Crippen LogP contribution in [0.2, 0.25) is 10.0 Å². The van der Waals surface area contributed by atoms with Crippen molar-refractivity contribution in [1.29, 1.82) is 0 Å². The second-order valence-corrected chi connectivity index (χ2v) is 6.20. The molecule has 0 unspecified atom stereocenters. The molecule has 1 heterocycles. The largest absolute Gasteiger partial charge is 0.484 e. The van der Waals surface area contributed by atoms with Gasteiger partial charge in [-0.25, -0.2) is 0 Å². The van der Waals surface area contributed by atoms with E-state index in [0.717, 1.165) is 24.3 Å². The fraction of sp³-hybridized carbons (Fsp3) is 0.222. The smallest absolute Gasteiger partial charge is 0.253 e. The Morgan fingerprint density at radius 1 is 1.00 bits per heavy atom. The summed E-state index contributed by atoms with van der Waals surface area (Å²) in [6, 6.07) is 15.0. The highest BCUT2D eigenvalue weighted by Crippen LogP contribution is 2.21. The lowest BCUT2D eigenvalue weighted by Gasteiger charge is -2.05. The highest BCUT2D eigenvalue weighted by molar-refractivity contribution is 6.35. The first kappa shape index (κ1) is 17.7. The number of nitrogens with zero attached hydrogens (tertiary/aromatic N) is 2. The molecule has 0 atom stereocenters. The van der Waals surface area contributed by atoms with Crippen LogP contribution < -0.4 is 10.1 Å². The average Bonchev–Trinajstić information content (AvgIpc) is 3.07. The highest BCUT2D eigenvalue weighted by atomic mass is 35.5. The van der Waals surface area contributed by atoms with E-state index in [1.165, 1.54) is 0 Å². The van der Waals surface area contributed by atoms with Crippen LogP contribution in [0.5, 0.6) is 5.75 Å². The summed E-state index contributed by atoms with van der Waals surface area (Å²) in [7, 11) is 0. The summed E-state index contributed by atoms with van der Waals surface area (Å²) >= 11 is 12.0. The van der Waals surface area contributed by atoms with Crippen LogP contribution in [-0.2, 0) is 19.6 Å². The quantitative estimate of drug-likeness (QED) is 0.593. The van der Waals surface area contributed by atoms with E-state index >= 15 is 0 Å². The van der Waals surface area contributed by atoms with Crippen molar-refractivity contribution in [3.63, 3.8) is 0 Å². The summed E-state index contributed by atoms with van der Waals surface area (Å²) in [5.74, 6) is 1.73. The van der Waals surface area contributed by atoms with E-state index in [0.29, 0.717) is 28.4 Å². The van der Waals surface area contributed by atoms with E-state index in [4.69, 9.17) is 32.4 Å². The van der Waals surface area contributed by atoms with Gasteiger partial charge in [-0.15, -0.1) is 10.2 Å². The van der Waals surface area contributed by atoms with Crippen LogP contribution >= 0.6 is 23.2 Å². The zero-order chi connectivity index (χ0) is 17.5. The van der Waals surface area contributed by atoms with Crippen molar-refractivity contribution in [1.82, 2.24) is 15.5 Å². The molecule has 7 heteroatoms. The van der Waals surface area contributed by atoms with Crippen molar-refractivity contribution >= 4 is 23.2 Å². The van der Waals surface area contributed by atoms with E-state index in [1.54, 1.807) is 6.07 Å². The third-order valence-electron chi connectivity index (χ3n) is 3.48. The van der Waals surface area contributed by atoms with Crippen LogP contribution in [0.3, 0.4) is 0 Å². The molecule has 0 bridgehead atoms. The van der Waals surface area contributed by atoms with Gasteiger partial charge in [-0.1, -0.05) is 47.5 Å². The van der Waals surface area contributed by atoms with E-state index in [9.17, 15) is 0 Å². The summed E-state index contributed by atoms with van der Waals surface area (Å²) in [5, 5.41) is 12.5. The number of nitrogens with one attached hydrogen (secondary N) is 1. The Bertz CT molecular complexity index is 809. The van der Waals surface area contributed by atoms with Crippen molar-refractivity contribution in [2.45, 2.75) is 19.6 Å². The predicted octanol–water partition coefficient (Wildman–Crippen LogP) is 4.29. The molecular weight excluding hydrogens is 361 g/mol. The Hall–Kier alpha value is -2.08. The van der Waals surface area contributed by atoms with Crippen LogP contribution in [0.4, 0.5) is 0 Å². The van der Waals surface area contributed by atoms with Gasteiger partial charge in [0, 0.05) is 10.0 Å². The van der Waals surface area contributed by atoms with Crippen LogP contribution in [-0.4, -0.2) is 16.7 Å².